The van der Waals surface area contributed by atoms with Crippen LogP contribution in [0.2, 0.25) is 0 Å². The van der Waals surface area contributed by atoms with Crippen LogP contribution in [0.15, 0.2) is 29.2 Å². The number of nitrogens with zero attached hydrogens (tertiary/aromatic N) is 2. The molecule has 0 saturated heterocycles. The number of rotatable bonds is 6. The Labute approximate surface area is 150 Å². The van der Waals surface area contributed by atoms with Crippen molar-refractivity contribution < 1.29 is 8.42 Å². The van der Waals surface area contributed by atoms with E-state index < -0.39 is 15.6 Å². The van der Waals surface area contributed by atoms with Gasteiger partial charge in [0.15, 0.2) is 0 Å². The van der Waals surface area contributed by atoms with E-state index in [4.69, 9.17) is 0 Å². The van der Waals surface area contributed by atoms with Gasteiger partial charge in [0, 0.05) is 36.9 Å². The highest BCUT2D eigenvalue weighted by atomic mass is 32.2. The van der Waals surface area contributed by atoms with Gasteiger partial charge in [-0.2, -0.15) is 5.10 Å². The molecule has 25 heavy (non-hydrogen) atoms. The van der Waals surface area contributed by atoms with Crippen LogP contribution in [0, 0.1) is 13.8 Å². The fourth-order valence-electron chi connectivity index (χ4n) is 2.77. The van der Waals surface area contributed by atoms with E-state index in [-0.39, 0.29) is 0 Å². The predicted octanol–water partition coefficient (Wildman–Crippen LogP) is 2.40. The van der Waals surface area contributed by atoms with E-state index in [9.17, 15) is 8.42 Å². The molecule has 0 spiro atoms. The second kappa shape index (κ2) is 7.27. The second-order valence-electron chi connectivity index (χ2n) is 7.34. The lowest BCUT2D eigenvalue weighted by molar-refractivity contribution is 0.490. The van der Waals surface area contributed by atoms with Gasteiger partial charge < -0.3 is 5.32 Å². The van der Waals surface area contributed by atoms with Crippen molar-refractivity contribution in [2.24, 2.45) is 7.05 Å². The summed E-state index contributed by atoms with van der Waals surface area (Å²) < 4.78 is 29.9. The molecule has 1 aromatic heterocycles. The summed E-state index contributed by atoms with van der Waals surface area (Å²) >= 11 is 0. The third kappa shape index (κ3) is 4.90. The zero-order valence-electron chi connectivity index (χ0n) is 15.8. The fraction of sp³-hybridized carbons (Fsp3) is 0.500. The van der Waals surface area contributed by atoms with Crippen molar-refractivity contribution in [2.75, 3.05) is 0 Å². The van der Waals surface area contributed by atoms with Gasteiger partial charge in [0.2, 0.25) is 10.0 Å². The number of nitrogens with one attached hydrogen (secondary N) is 2. The van der Waals surface area contributed by atoms with Crippen LogP contribution in [0.1, 0.15) is 43.3 Å². The third-order valence-corrected chi connectivity index (χ3v) is 5.84. The van der Waals surface area contributed by atoms with Crippen LogP contribution in [0.5, 0.6) is 0 Å². The van der Waals surface area contributed by atoms with Crippen molar-refractivity contribution in [1.82, 2.24) is 19.8 Å². The van der Waals surface area contributed by atoms with E-state index >= 15 is 0 Å². The van der Waals surface area contributed by atoms with Gasteiger partial charge in [0.1, 0.15) is 0 Å². The molecule has 1 aromatic carbocycles. The van der Waals surface area contributed by atoms with Gasteiger partial charge in [0.05, 0.1) is 10.6 Å². The van der Waals surface area contributed by atoms with Crippen LogP contribution in [0.3, 0.4) is 0 Å². The zero-order valence-corrected chi connectivity index (χ0v) is 16.7. The summed E-state index contributed by atoms with van der Waals surface area (Å²) in [6.45, 7) is 10.6. The minimum Gasteiger partial charge on any atom is -0.308 e. The summed E-state index contributed by atoms with van der Waals surface area (Å²) in [5.74, 6) is 0. The van der Waals surface area contributed by atoms with E-state index in [1.165, 1.54) is 0 Å². The standard InChI is InChI=1S/C18H28N4O2S/c1-13-16(14(2)22(6)20-13)12-19-11-15-9-7-8-10-17(15)25(23,24)21-18(3,4)5/h7-10,19,21H,11-12H2,1-6H3. The molecule has 7 heteroatoms. The van der Waals surface area contributed by atoms with E-state index in [2.05, 4.69) is 15.1 Å². The number of aromatic nitrogens is 2. The van der Waals surface area contributed by atoms with Crippen molar-refractivity contribution >= 4 is 10.0 Å². The van der Waals surface area contributed by atoms with E-state index in [0.717, 1.165) is 22.5 Å². The quantitative estimate of drug-likeness (QED) is 0.825. The predicted molar refractivity (Wildman–Crippen MR) is 99.7 cm³/mol. The van der Waals surface area contributed by atoms with Gasteiger partial charge in [-0.05, 0) is 46.2 Å². The molecule has 0 aliphatic carbocycles. The Balaban J connectivity index is 2.16. The minimum absolute atomic E-state index is 0.317. The van der Waals surface area contributed by atoms with E-state index in [0.29, 0.717) is 18.0 Å². The average molecular weight is 365 g/mol. The van der Waals surface area contributed by atoms with Crippen molar-refractivity contribution in [3.05, 3.63) is 46.8 Å². The summed E-state index contributed by atoms with van der Waals surface area (Å²) in [6, 6.07) is 7.09. The van der Waals surface area contributed by atoms with Crippen LogP contribution in [-0.2, 0) is 30.2 Å². The smallest absolute Gasteiger partial charge is 0.241 e. The summed E-state index contributed by atoms with van der Waals surface area (Å²) in [5.41, 5.74) is 3.47. The third-order valence-electron chi connectivity index (χ3n) is 3.98. The summed E-state index contributed by atoms with van der Waals surface area (Å²) in [5, 5.41) is 7.75. The maximum Gasteiger partial charge on any atom is 0.241 e. The molecule has 0 saturated carbocycles. The molecule has 0 fully saturated rings. The first-order valence-electron chi connectivity index (χ1n) is 8.33. The molecule has 0 amide bonds. The first-order valence-corrected chi connectivity index (χ1v) is 9.81. The highest BCUT2D eigenvalue weighted by molar-refractivity contribution is 7.89. The minimum atomic E-state index is -3.56. The molecule has 0 unspecified atom stereocenters. The molecule has 0 bridgehead atoms. The van der Waals surface area contributed by atoms with Gasteiger partial charge in [-0.25, -0.2) is 13.1 Å². The van der Waals surface area contributed by atoms with Gasteiger partial charge in [0.25, 0.3) is 0 Å². The van der Waals surface area contributed by atoms with Crippen molar-refractivity contribution in [3.63, 3.8) is 0 Å². The SMILES string of the molecule is Cc1nn(C)c(C)c1CNCc1ccccc1S(=O)(=O)NC(C)(C)C. The first-order chi connectivity index (χ1) is 11.5. The van der Waals surface area contributed by atoms with Crippen LogP contribution < -0.4 is 10.0 Å². The van der Waals surface area contributed by atoms with Gasteiger partial charge in [-0.1, -0.05) is 18.2 Å². The molecular formula is C18H28N4O2S. The zero-order chi connectivity index (χ0) is 18.8. The lowest BCUT2D eigenvalue weighted by Crippen LogP contribution is -2.40. The second-order valence-corrected chi connectivity index (χ2v) is 8.99. The van der Waals surface area contributed by atoms with Gasteiger partial charge in [-0.3, -0.25) is 4.68 Å². The molecule has 6 nitrogen and oxygen atoms in total. The number of hydrogen-bond donors (Lipinski definition) is 2. The molecule has 2 rings (SSSR count). The Hall–Kier alpha value is -1.70. The Morgan fingerprint density at radius 2 is 1.76 bits per heavy atom. The molecule has 1 heterocycles. The van der Waals surface area contributed by atoms with Crippen LogP contribution in [0.25, 0.3) is 0 Å². The van der Waals surface area contributed by atoms with Gasteiger partial charge >= 0.3 is 0 Å². The van der Waals surface area contributed by atoms with Crippen molar-refractivity contribution in [3.8, 4) is 0 Å². The normalized spacial score (nSPS) is 12.6. The molecule has 0 aliphatic heterocycles. The maximum absolute atomic E-state index is 12.7. The average Bonchev–Trinajstić information content (AvgIpc) is 2.71. The maximum atomic E-state index is 12.7. The van der Waals surface area contributed by atoms with Crippen LogP contribution in [0.4, 0.5) is 0 Å². The number of sulfonamides is 1. The topological polar surface area (TPSA) is 76.0 Å². The largest absolute Gasteiger partial charge is 0.308 e. The molecule has 0 radical (unpaired) electrons. The van der Waals surface area contributed by atoms with E-state index in [1.807, 2.05) is 58.5 Å². The Morgan fingerprint density at radius 3 is 2.32 bits per heavy atom. The summed E-state index contributed by atoms with van der Waals surface area (Å²) in [6.07, 6.45) is 0. The van der Waals surface area contributed by atoms with Crippen molar-refractivity contribution in [1.29, 1.82) is 0 Å². The molecule has 2 N–H and O–H groups in total. The molecular weight excluding hydrogens is 336 g/mol. The fourth-order valence-corrected chi connectivity index (χ4v) is 4.42. The van der Waals surface area contributed by atoms with Crippen molar-refractivity contribution in [2.45, 2.75) is 58.1 Å². The number of hydrogen-bond acceptors (Lipinski definition) is 4. The van der Waals surface area contributed by atoms with Crippen LogP contribution >= 0.6 is 0 Å². The lowest BCUT2D eigenvalue weighted by Gasteiger charge is -2.21. The highest BCUT2D eigenvalue weighted by Gasteiger charge is 2.24. The Kier molecular flexibility index (Phi) is 5.71. The van der Waals surface area contributed by atoms with Gasteiger partial charge in [-0.15, -0.1) is 0 Å². The highest BCUT2D eigenvalue weighted by Crippen LogP contribution is 2.18. The monoisotopic (exact) mass is 364 g/mol. The number of aryl methyl sites for hydroxylation is 2. The molecule has 0 aliphatic rings. The summed E-state index contributed by atoms with van der Waals surface area (Å²) in [7, 11) is -1.64. The first kappa shape index (κ1) is 19.6. The van der Waals surface area contributed by atoms with Crippen LogP contribution in [-0.4, -0.2) is 23.7 Å². The Morgan fingerprint density at radius 1 is 1.12 bits per heavy atom. The number of benzene rings is 1. The lowest BCUT2D eigenvalue weighted by atomic mass is 10.1. The Bertz CT molecular complexity index is 848. The molecule has 138 valence electrons. The molecule has 2 aromatic rings. The summed E-state index contributed by atoms with van der Waals surface area (Å²) in [4.78, 5) is 0.317. The molecule has 0 atom stereocenters. The van der Waals surface area contributed by atoms with E-state index in [1.54, 1.807) is 12.1 Å².